The first-order valence-electron chi connectivity index (χ1n) is 6.25. The van der Waals surface area contributed by atoms with E-state index in [0.29, 0.717) is 6.54 Å². The van der Waals surface area contributed by atoms with Gasteiger partial charge in [-0.15, -0.1) is 21.5 Å². The summed E-state index contributed by atoms with van der Waals surface area (Å²) < 4.78 is 3.28. The Labute approximate surface area is 113 Å². The maximum atomic E-state index is 4.30. The summed E-state index contributed by atoms with van der Waals surface area (Å²) in [6.07, 6.45) is 3.79. The molecule has 1 aliphatic heterocycles. The molecule has 0 bridgehead atoms. The normalized spacial score (nSPS) is 13.9. The molecular formula is C12H12N6S. The molecule has 7 heteroatoms. The van der Waals surface area contributed by atoms with Gasteiger partial charge in [0.15, 0.2) is 5.82 Å². The molecule has 0 atom stereocenters. The molecule has 0 amide bonds. The molecule has 3 aromatic heterocycles. The molecule has 4 rings (SSSR count). The average molecular weight is 272 g/mol. The minimum Gasteiger partial charge on any atom is -0.361 e. The van der Waals surface area contributed by atoms with Crippen molar-refractivity contribution in [1.82, 2.24) is 24.7 Å². The summed E-state index contributed by atoms with van der Waals surface area (Å²) in [5.74, 6) is 2.95. The van der Waals surface area contributed by atoms with Crippen LogP contribution >= 0.6 is 11.3 Å². The van der Waals surface area contributed by atoms with Gasteiger partial charge < -0.3 is 9.88 Å². The van der Waals surface area contributed by atoms with Gasteiger partial charge in [0.25, 0.3) is 0 Å². The smallest absolute Gasteiger partial charge is 0.152 e. The summed E-state index contributed by atoms with van der Waals surface area (Å²) >= 11 is 1.65. The third kappa shape index (κ3) is 1.77. The van der Waals surface area contributed by atoms with Gasteiger partial charge in [0.2, 0.25) is 0 Å². The predicted octanol–water partition coefficient (Wildman–Crippen LogP) is 1.84. The van der Waals surface area contributed by atoms with Crippen molar-refractivity contribution in [2.24, 2.45) is 0 Å². The zero-order valence-corrected chi connectivity index (χ0v) is 11.0. The summed E-state index contributed by atoms with van der Waals surface area (Å²) in [5.41, 5.74) is 0.981. The number of nitrogens with one attached hydrogen (secondary N) is 1. The van der Waals surface area contributed by atoms with E-state index in [9.17, 15) is 0 Å². The van der Waals surface area contributed by atoms with E-state index in [0.717, 1.165) is 40.6 Å². The topological polar surface area (TPSA) is 68.5 Å². The summed E-state index contributed by atoms with van der Waals surface area (Å²) in [6, 6.07) is 2.00. The third-order valence-corrected chi connectivity index (χ3v) is 4.25. The first kappa shape index (κ1) is 10.9. The highest BCUT2D eigenvalue weighted by Crippen LogP contribution is 2.25. The highest BCUT2D eigenvalue weighted by Gasteiger charge is 2.17. The monoisotopic (exact) mass is 272 g/mol. The van der Waals surface area contributed by atoms with Gasteiger partial charge >= 0.3 is 0 Å². The van der Waals surface area contributed by atoms with Crippen molar-refractivity contribution in [2.75, 3.05) is 5.32 Å². The van der Waals surface area contributed by atoms with Crippen molar-refractivity contribution in [2.45, 2.75) is 25.9 Å². The van der Waals surface area contributed by atoms with E-state index in [1.54, 1.807) is 17.7 Å². The molecule has 0 saturated carbocycles. The fourth-order valence-corrected chi connectivity index (χ4v) is 3.23. The predicted molar refractivity (Wildman–Crippen MR) is 73.1 cm³/mol. The van der Waals surface area contributed by atoms with Crippen LogP contribution in [-0.4, -0.2) is 24.7 Å². The molecular weight excluding hydrogens is 260 g/mol. The summed E-state index contributed by atoms with van der Waals surface area (Å²) in [4.78, 5) is 8.53. The summed E-state index contributed by atoms with van der Waals surface area (Å²) in [7, 11) is 0. The van der Waals surface area contributed by atoms with Crippen molar-refractivity contribution >= 4 is 27.4 Å². The second kappa shape index (κ2) is 4.27. The van der Waals surface area contributed by atoms with Gasteiger partial charge in [0, 0.05) is 13.0 Å². The van der Waals surface area contributed by atoms with Crippen LogP contribution in [0.5, 0.6) is 0 Å². The van der Waals surface area contributed by atoms with E-state index < -0.39 is 0 Å². The highest BCUT2D eigenvalue weighted by atomic mass is 32.1. The van der Waals surface area contributed by atoms with E-state index in [1.807, 2.05) is 11.4 Å². The molecule has 6 nitrogen and oxygen atoms in total. The van der Waals surface area contributed by atoms with Gasteiger partial charge in [0.1, 0.15) is 18.0 Å². The van der Waals surface area contributed by atoms with Gasteiger partial charge in [-0.2, -0.15) is 0 Å². The molecule has 0 radical (unpaired) electrons. The van der Waals surface area contributed by atoms with Gasteiger partial charge in [0.05, 0.1) is 16.8 Å². The van der Waals surface area contributed by atoms with E-state index >= 15 is 0 Å². The molecule has 4 heterocycles. The molecule has 0 fully saturated rings. The molecule has 1 aliphatic rings. The second-order valence-corrected chi connectivity index (χ2v) is 5.41. The number of nitrogens with zero attached hydrogens (tertiary/aromatic N) is 5. The third-order valence-electron chi connectivity index (χ3n) is 3.34. The Morgan fingerprint density at radius 2 is 2.32 bits per heavy atom. The summed E-state index contributed by atoms with van der Waals surface area (Å²) in [5, 5.41) is 13.8. The average Bonchev–Trinajstić information content (AvgIpc) is 3.13. The molecule has 0 saturated heterocycles. The first-order chi connectivity index (χ1) is 9.42. The maximum Gasteiger partial charge on any atom is 0.152 e. The Morgan fingerprint density at radius 1 is 1.32 bits per heavy atom. The van der Waals surface area contributed by atoms with E-state index in [2.05, 4.69) is 30.0 Å². The van der Waals surface area contributed by atoms with Crippen molar-refractivity contribution in [3.05, 3.63) is 29.4 Å². The Kier molecular flexibility index (Phi) is 2.44. The van der Waals surface area contributed by atoms with Gasteiger partial charge in [-0.3, -0.25) is 0 Å². The van der Waals surface area contributed by atoms with Crippen LogP contribution in [0.4, 0.5) is 5.82 Å². The van der Waals surface area contributed by atoms with Crippen LogP contribution in [0, 0.1) is 0 Å². The Balaban J connectivity index is 1.60. The Morgan fingerprint density at radius 3 is 3.32 bits per heavy atom. The number of anilines is 1. The number of aryl methyl sites for hydroxylation is 1. The number of thiophene rings is 1. The number of aromatic nitrogens is 5. The lowest BCUT2D eigenvalue weighted by Crippen LogP contribution is -2.08. The Bertz CT molecular complexity index is 731. The van der Waals surface area contributed by atoms with Crippen LogP contribution in [0.15, 0.2) is 17.8 Å². The lowest BCUT2D eigenvalue weighted by atomic mass is 10.4. The fraction of sp³-hybridized carbons (Fsp3) is 0.333. The molecule has 0 spiro atoms. The molecule has 0 aliphatic carbocycles. The van der Waals surface area contributed by atoms with Crippen molar-refractivity contribution < 1.29 is 0 Å². The van der Waals surface area contributed by atoms with E-state index in [-0.39, 0.29) is 0 Å². The quantitative estimate of drug-likeness (QED) is 0.788. The van der Waals surface area contributed by atoms with Crippen LogP contribution in [-0.2, 0) is 19.5 Å². The molecule has 0 aromatic carbocycles. The number of rotatable bonds is 3. The maximum absolute atomic E-state index is 4.30. The van der Waals surface area contributed by atoms with Crippen molar-refractivity contribution in [1.29, 1.82) is 0 Å². The van der Waals surface area contributed by atoms with Crippen LogP contribution in [0.1, 0.15) is 18.1 Å². The van der Waals surface area contributed by atoms with Crippen molar-refractivity contribution in [3.63, 3.8) is 0 Å². The second-order valence-electron chi connectivity index (χ2n) is 4.50. The van der Waals surface area contributed by atoms with Gasteiger partial charge in [-0.25, -0.2) is 9.97 Å². The zero-order valence-electron chi connectivity index (χ0n) is 10.2. The Hall–Kier alpha value is -2.02. The molecule has 1 N–H and O–H groups in total. The number of hydrogen-bond donors (Lipinski definition) is 1. The van der Waals surface area contributed by atoms with Crippen LogP contribution in [0.25, 0.3) is 10.2 Å². The van der Waals surface area contributed by atoms with Crippen LogP contribution < -0.4 is 5.32 Å². The van der Waals surface area contributed by atoms with Crippen LogP contribution in [0.2, 0.25) is 0 Å². The summed E-state index contributed by atoms with van der Waals surface area (Å²) in [6.45, 7) is 1.68. The SMILES string of the molecule is c1nc(NCc2nnc3n2CCC3)c2sccc2n1. The first-order valence-corrected chi connectivity index (χ1v) is 7.13. The fourth-order valence-electron chi connectivity index (χ4n) is 2.42. The minimum atomic E-state index is 0.650. The highest BCUT2D eigenvalue weighted by molar-refractivity contribution is 7.17. The lowest BCUT2D eigenvalue weighted by molar-refractivity contribution is 0.695. The molecule has 96 valence electrons. The van der Waals surface area contributed by atoms with Crippen molar-refractivity contribution in [3.8, 4) is 0 Å². The van der Waals surface area contributed by atoms with E-state index in [4.69, 9.17) is 0 Å². The molecule has 3 aromatic rings. The van der Waals surface area contributed by atoms with Gasteiger partial charge in [-0.1, -0.05) is 0 Å². The molecule has 19 heavy (non-hydrogen) atoms. The zero-order chi connectivity index (χ0) is 12.7. The van der Waals surface area contributed by atoms with E-state index in [1.165, 1.54) is 6.42 Å². The van der Waals surface area contributed by atoms with Gasteiger partial charge in [-0.05, 0) is 17.9 Å². The lowest BCUT2D eigenvalue weighted by Gasteiger charge is -2.06. The molecule has 0 unspecified atom stereocenters. The number of fused-ring (bicyclic) bond motifs is 2. The van der Waals surface area contributed by atoms with Crippen LogP contribution in [0.3, 0.4) is 0 Å². The minimum absolute atomic E-state index is 0.650. The standard InChI is InChI=1S/C12H12N6S/c1-2-9-16-17-10(18(9)4-1)6-13-12-11-8(3-5-19-11)14-7-15-12/h3,5,7H,1-2,4,6H2,(H,13,14,15). The largest absolute Gasteiger partial charge is 0.361 e. The number of hydrogen-bond acceptors (Lipinski definition) is 6.